The predicted octanol–water partition coefficient (Wildman–Crippen LogP) is 1.35. The summed E-state index contributed by atoms with van der Waals surface area (Å²) < 4.78 is 15.0. The standard InChI is InChI=1S/C18H24FN5O/c1-15(18(25)21-7-9-22-8-6-20-14-22)23-10-12-24(13-11-23)17-4-2-16(19)3-5-17/h2-6,8,14-15H,7,9-13H2,1H3,(H,21,25)/t15-/m1/s1. The summed E-state index contributed by atoms with van der Waals surface area (Å²) in [6.07, 6.45) is 5.35. The zero-order valence-corrected chi connectivity index (χ0v) is 14.4. The molecule has 1 aliphatic rings. The Morgan fingerprint density at radius 2 is 1.96 bits per heavy atom. The number of nitrogens with zero attached hydrogens (tertiary/aromatic N) is 4. The van der Waals surface area contributed by atoms with Crippen molar-refractivity contribution in [2.24, 2.45) is 0 Å². The number of nitrogens with one attached hydrogen (secondary N) is 1. The minimum Gasteiger partial charge on any atom is -0.369 e. The molecule has 1 fully saturated rings. The van der Waals surface area contributed by atoms with E-state index in [4.69, 9.17) is 0 Å². The Kier molecular flexibility index (Phi) is 5.65. The van der Waals surface area contributed by atoms with Gasteiger partial charge in [0, 0.05) is 57.3 Å². The summed E-state index contributed by atoms with van der Waals surface area (Å²) in [5, 5.41) is 2.98. The first-order valence-corrected chi connectivity index (χ1v) is 8.61. The van der Waals surface area contributed by atoms with E-state index in [1.54, 1.807) is 24.7 Å². The quantitative estimate of drug-likeness (QED) is 0.859. The fourth-order valence-electron chi connectivity index (χ4n) is 3.06. The number of benzene rings is 1. The minimum atomic E-state index is -0.219. The molecule has 2 aromatic rings. The van der Waals surface area contributed by atoms with E-state index in [1.165, 1.54) is 12.1 Å². The number of rotatable bonds is 6. The van der Waals surface area contributed by atoms with Crippen LogP contribution in [-0.4, -0.2) is 59.1 Å². The van der Waals surface area contributed by atoms with E-state index in [0.717, 1.165) is 38.4 Å². The van der Waals surface area contributed by atoms with Gasteiger partial charge >= 0.3 is 0 Å². The summed E-state index contributed by atoms with van der Waals surface area (Å²) in [7, 11) is 0. The van der Waals surface area contributed by atoms with Gasteiger partial charge in [-0.05, 0) is 31.2 Å². The molecule has 1 saturated heterocycles. The lowest BCUT2D eigenvalue weighted by molar-refractivity contribution is -0.126. The van der Waals surface area contributed by atoms with E-state index in [1.807, 2.05) is 17.7 Å². The highest BCUT2D eigenvalue weighted by molar-refractivity contribution is 5.81. The summed E-state index contributed by atoms with van der Waals surface area (Å²) in [4.78, 5) is 20.7. The Morgan fingerprint density at radius 1 is 1.24 bits per heavy atom. The molecule has 3 rings (SSSR count). The van der Waals surface area contributed by atoms with Crippen molar-refractivity contribution < 1.29 is 9.18 Å². The molecule has 0 unspecified atom stereocenters. The fraction of sp³-hybridized carbons (Fsp3) is 0.444. The number of carbonyl (C=O) groups excluding carboxylic acids is 1. The zero-order valence-electron chi connectivity index (χ0n) is 14.4. The third-order valence-corrected chi connectivity index (χ3v) is 4.66. The molecule has 25 heavy (non-hydrogen) atoms. The molecule has 1 amide bonds. The van der Waals surface area contributed by atoms with Crippen molar-refractivity contribution in [3.63, 3.8) is 0 Å². The predicted molar refractivity (Wildman–Crippen MR) is 94.9 cm³/mol. The molecule has 2 heterocycles. The first kappa shape index (κ1) is 17.4. The number of hydrogen-bond donors (Lipinski definition) is 1. The van der Waals surface area contributed by atoms with Crippen LogP contribution in [-0.2, 0) is 11.3 Å². The molecule has 1 N–H and O–H groups in total. The van der Waals surface area contributed by atoms with E-state index >= 15 is 0 Å². The van der Waals surface area contributed by atoms with E-state index in [9.17, 15) is 9.18 Å². The normalized spacial score (nSPS) is 16.6. The largest absolute Gasteiger partial charge is 0.369 e. The minimum absolute atomic E-state index is 0.0512. The van der Waals surface area contributed by atoms with Crippen LogP contribution < -0.4 is 10.2 Å². The Hall–Kier alpha value is -2.41. The van der Waals surface area contributed by atoms with Crippen LogP contribution in [0.2, 0.25) is 0 Å². The zero-order chi connectivity index (χ0) is 17.6. The number of anilines is 1. The van der Waals surface area contributed by atoms with Crippen LogP contribution in [0.15, 0.2) is 43.0 Å². The third-order valence-electron chi connectivity index (χ3n) is 4.66. The van der Waals surface area contributed by atoms with Crippen LogP contribution >= 0.6 is 0 Å². The molecule has 0 radical (unpaired) electrons. The second kappa shape index (κ2) is 8.11. The summed E-state index contributed by atoms with van der Waals surface area (Å²) in [6, 6.07) is 6.42. The SMILES string of the molecule is C[C@H](C(=O)NCCn1ccnc1)N1CCN(c2ccc(F)cc2)CC1. The van der Waals surface area contributed by atoms with Crippen molar-refractivity contribution in [2.75, 3.05) is 37.6 Å². The average molecular weight is 345 g/mol. The second-order valence-electron chi connectivity index (χ2n) is 6.27. The molecule has 0 spiro atoms. The number of halogens is 1. The van der Waals surface area contributed by atoms with Crippen molar-refractivity contribution >= 4 is 11.6 Å². The van der Waals surface area contributed by atoms with Gasteiger partial charge in [-0.15, -0.1) is 0 Å². The summed E-state index contributed by atoms with van der Waals surface area (Å²) in [5.74, 6) is -0.168. The lowest BCUT2D eigenvalue weighted by Crippen LogP contribution is -2.54. The molecule has 0 saturated carbocycles. The van der Waals surface area contributed by atoms with Gasteiger partial charge in [0.25, 0.3) is 0 Å². The molecule has 134 valence electrons. The number of hydrogen-bond acceptors (Lipinski definition) is 4. The van der Waals surface area contributed by atoms with E-state index in [2.05, 4.69) is 20.1 Å². The van der Waals surface area contributed by atoms with Gasteiger partial charge in [0.05, 0.1) is 12.4 Å². The maximum Gasteiger partial charge on any atom is 0.237 e. The van der Waals surface area contributed by atoms with E-state index < -0.39 is 0 Å². The van der Waals surface area contributed by atoms with Gasteiger partial charge in [0.2, 0.25) is 5.91 Å². The Balaban J connectivity index is 1.43. The molecule has 0 bridgehead atoms. The van der Waals surface area contributed by atoms with Crippen molar-refractivity contribution in [3.8, 4) is 0 Å². The van der Waals surface area contributed by atoms with Gasteiger partial charge in [0.15, 0.2) is 0 Å². The highest BCUT2D eigenvalue weighted by atomic mass is 19.1. The molecule has 7 heteroatoms. The van der Waals surface area contributed by atoms with Crippen LogP contribution in [0.4, 0.5) is 10.1 Å². The summed E-state index contributed by atoms with van der Waals surface area (Å²) in [5.41, 5.74) is 1.03. The molecule has 1 atom stereocenters. The van der Waals surface area contributed by atoms with E-state index in [0.29, 0.717) is 6.54 Å². The molecular weight excluding hydrogens is 321 g/mol. The van der Waals surface area contributed by atoms with Crippen LogP contribution in [0.3, 0.4) is 0 Å². The van der Waals surface area contributed by atoms with Crippen LogP contribution in [0.1, 0.15) is 6.92 Å². The highest BCUT2D eigenvalue weighted by Crippen LogP contribution is 2.17. The van der Waals surface area contributed by atoms with Gasteiger partial charge in [-0.2, -0.15) is 0 Å². The van der Waals surface area contributed by atoms with Gasteiger partial charge in [-0.3, -0.25) is 9.69 Å². The number of imidazole rings is 1. The van der Waals surface area contributed by atoms with E-state index in [-0.39, 0.29) is 17.8 Å². The molecule has 1 aromatic heterocycles. The number of amides is 1. The highest BCUT2D eigenvalue weighted by Gasteiger charge is 2.25. The van der Waals surface area contributed by atoms with Crippen molar-refractivity contribution in [3.05, 3.63) is 48.8 Å². The van der Waals surface area contributed by atoms with Gasteiger partial charge in [-0.1, -0.05) is 0 Å². The summed E-state index contributed by atoms with van der Waals surface area (Å²) in [6.45, 7) is 6.55. The maximum atomic E-state index is 13.0. The molecule has 0 aliphatic carbocycles. The van der Waals surface area contributed by atoms with Crippen LogP contribution in [0, 0.1) is 5.82 Å². The Morgan fingerprint density at radius 3 is 2.60 bits per heavy atom. The monoisotopic (exact) mass is 345 g/mol. The summed E-state index contributed by atoms with van der Waals surface area (Å²) >= 11 is 0. The number of carbonyl (C=O) groups is 1. The molecule has 1 aliphatic heterocycles. The lowest BCUT2D eigenvalue weighted by atomic mass is 10.2. The first-order chi connectivity index (χ1) is 12.1. The number of aromatic nitrogens is 2. The second-order valence-corrected chi connectivity index (χ2v) is 6.27. The molecular formula is C18H24FN5O. The van der Waals surface area contributed by atoms with Crippen molar-refractivity contribution in [1.82, 2.24) is 19.8 Å². The number of piperazine rings is 1. The first-order valence-electron chi connectivity index (χ1n) is 8.61. The van der Waals surface area contributed by atoms with Gasteiger partial charge in [-0.25, -0.2) is 9.37 Å². The Bertz CT molecular complexity index is 665. The van der Waals surface area contributed by atoms with Crippen molar-refractivity contribution in [2.45, 2.75) is 19.5 Å². The fourth-order valence-corrected chi connectivity index (χ4v) is 3.06. The molecule has 6 nitrogen and oxygen atoms in total. The smallest absolute Gasteiger partial charge is 0.237 e. The maximum absolute atomic E-state index is 13.0. The van der Waals surface area contributed by atoms with Crippen LogP contribution in [0.25, 0.3) is 0 Å². The lowest BCUT2D eigenvalue weighted by Gasteiger charge is -2.38. The van der Waals surface area contributed by atoms with Gasteiger partial charge < -0.3 is 14.8 Å². The van der Waals surface area contributed by atoms with Gasteiger partial charge in [0.1, 0.15) is 5.82 Å². The topological polar surface area (TPSA) is 53.4 Å². The van der Waals surface area contributed by atoms with Crippen LogP contribution in [0.5, 0.6) is 0 Å². The third kappa shape index (κ3) is 4.57. The Labute approximate surface area is 147 Å². The average Bonchev–Trinajstić information content (AvgIpc) is 3.15. The van der Waals surface area contributed by atoms with Crippen molar-refractivity contribution in [1.29, 1.82) is 0 Å². The molecule has 1 aromatic carbocycles.